The van der Waals surface area contributed by atoms with E-state index in [2.05, 4.69) is 0 Å². The highest BCUT2D eigenvalue weighted by Crippen LogP contribution is 2.33. The van der Waals surface area contributed by atoms with E-state index in [9.17, 15) is 23.1 Å². The van der Waals surface area contributed by atoms with Crippen LogP contribution in [-0.4, -0.2) is 53.0 Å². The monoisotopic (exact) mass is 384 g/mol. The number of carboxylic acids is 1. The number of ether oxygens (including phenoxy) is 1. The van der Waals surface area contributed by atoms with Crippen molar-refractivity contribution in [2.24, 2.45) is 0 Å². The molecule has 27 heavy (non-hydrogen) atoms. The number of fused-ring (bicyclic) bond motifs is 1. The van der Waals surface area contributed by atoms with Gasteiger partial charge in [-0.15, -0.1) is 0 Å². The van der Waals surface area contributed by atoms with Gasteiger partial charge in [-0.3, -0.25) is 4.90 Å². The molecule has 5 nitrogen and oxygen atoms in total. The predicted octanol–water partition coefficient (Wildman–Crippen LogP) is 3.90. The normalized spacial score (nSPS) is 18.9. The fourth-order valence-electron chi connectivity index (χ4n) is 3.80. The molecule has 1 unspecified atom stereocenters. The van der Waals surface area contributed by atoms with Crippen LogP contribution in [0.25, 0.3) is 10.9 Å². The van der Waals surface area contributed by atoms with E-state index < -0.39 is 18.2 Å². The first-order valence-electron chi connectivity index (χ1n) is 8.96. The molecule has 1 N–H and O–H groups in total. The number of aromatic carboxylic acids is 1. The number of aromatic nitrogens is 1. The second-order valence-corrected chi connectivity index (χ2v) is 6.88. The first kappa shape index (κ1) is 19.7. The summed E-state index contributed by atoms with van der Waals surface area (Å²) in [4.78, 5) is 12.7. The van der Waals surface area contributed by atoms with Crippen LogP contribution < -0.4 is 0 Å². The SMILES string of the molecule is COCCn1c(CN2CCCCC2C(F)(F)F)cc2cc(C(=O)O)ccc21. The van der Waals surface area contributed by atoms with Crippen LogP contribution in [0, 0.1) is 0 Å². The maximum atomic E-state index is 13.4. The van der Waals surface area contributed by atoms with Crippen LogP contribution >= 0.6 is 0 Å². The summed E-state index contributed by atoms with van der Waals surface area (Å²) in [5.74, 6) is -1.03. The number of likely N-dealkylation sites (tertiary alicyclic amines) is 1. The van der Waals surface area contributed by atoms with Crippen molar-refractivity contribution in [2.75, 3.05) is 20.3 Å². The lowest BCUT2D eigenvalue weighted by atomic mass is 10.0. The van der Waals surface area contributed by atoms with Gasteiger partial charge in [-0.1, -0.05) is 6.42 Å². The molecule has 2 aromatic rings. The Morgan fingerprint density at radius 2 is 2.07 bits per heavy atom. The molecule has 0 aliphatic carbocycles. The van der Waals surface area contributed by atoms with Gasteiger partial charge in [-0.2, -0.15) is 13.2 Å². The predicted molar refractivity (Wildman–Crippen MR) is 94.9 cm³/mol. The summed E-state index contributed by atoms with van der Waals surface area (Å²) in [6, 6.07) is 5.13. The van der Waals surface area contributed by atoms with E-state index in [4.69, 9.17) is 4.74 Å². The summed E-state index contributed by atoms with van der Waals surface area (Å²) in [5, 5.41) is 9.90. The molecule has 0 saturated carbocycles. The quantitative estimate of drug-likeness (QED) is 0.821. The average molecular weight is 384 g/mol. The summed E-state index contributed by atoms with van der Waals surface area (Å²) in [5.41, 5.74) is 1.69. The molecule has 1 saturated heterocycles. The topological polar surface area (TPSA) is 54.7 Å². The van der Waals surface area contributed by atoms with Crippen LogP contribution in [0.3, 0.4) is 0 Å². The van der Waals surface area contributed by atoms with Crippen molar-refractivity contribution in [3.05, 3.63) is 35.5 Å². The smallest absolute Gasteiger partial charge is 0.404 e. The summed E-state index contributed by atoms with van der Waals surface area (Å²) < 4.78 is 47.3. The summed E-state index contributed by atoms with van der Waals surface area (Å²) >= 11 is 0. The molecule has 148 valence electrons. The highest BCUT2D eigenvalue weighted by molar-refractivity contribution is 5.94. The van der Waals surface area contributed by atoms with Crippen molar-refractivity contribution in [1.82, 2.24) is 9.47 Å². The number of carbonyl (C=O) groups is 1. The molecule has 0 bridgehead atoms. The molecule has 1 atom stereocenters. The Bertz CT molecular complexity index is 816. The van der Waals surface area contributed by atoms with E-state index in [-0.39, 0.29) is 18.5 Å². The van der Waals surface area contributed by atoms with Gasteiger partial charge in [-0.05, 0) is 43.7 Å². The van der Waals surface area contributed by atoms with Crippen LogP contribution in [0.15, 0.2) is 24.3 Å². The third-order valence-electron chi connectivity index (χ3n) is 5.11. The fraction of sp³-hybridized carbons (Fsp3) is 0.526. The number of alkyl halides is 3. The van der Waals surface area contributed by atoms with Crippen molar-refractivity contribution < 1.29 is 27.8 Å². The lowest BCUT2D eigenvalue weighted by Crippen LogP contribution is -2.48. The Morgan fingerprint density at radius 1 is 1.30 bits per heavy atom. The van der Waals surface area contributed by atoms with E-state index in [1.807, 2.05) is 4.57 Å². The maximum Gasteiger partial charge on any atom is 0.404 e. The number of hydrogen-bond acceptors (Lipinski definition) is 3. The first-order valence-corrected chi connectivity index (χ1v) is 8.96. The maximum absolute atomic E-state index is 13.4. The number of benzene rings is 1. The van der Waals surface area contributed by atoms with Gasteiger partial charge in [0.1, 0.15) is 6.04 Å². The Hall–Kier alpha value is -2.06. The molecule has 0 spiro atoms. The van der Waals surface area contributed by atoms with Gasteiger partial charge in [0.2, 0.25) is 0 Å². The lowest BCUT2D eigenvalue weighted by molar-refractivity contribution is -0.192. The molecule has 0 amide bonds. The van der Waals surface area contributed by atoms with Gasteiger partial charge in [0.25, 0.3) is 0 Å². The zero-order valence-corrected chi connectivity index (χ0v) is 15.1. The van der Waals surface area contributed by atoms with E-state index in [1.165, 1.54) is 11.0 Å². The molecule has 2 heterocycles. The number of hydrogen-bond donors (Lipinski definition) is 1. The highest BCUT2D eigenvalue weighted by Gasteiger charge is 2.44. The van der Waals surface area contributed by atoms with Crippen LogP contribution in [0.2, 0.25) is 0 Å². The minimum atomic E-state index is -4.25. The number of piperidine rings is 1. The highest BCUT2D eigenvalue weighted by atomic mass is 19.4. The first-order chi connectivity index (χ1) is 12.8. The van der Waals surface area contributed by atoms with Crippen LogP contribution in [-0.2, 0) is 17.8 Å². The molecular formula is C19H23F3N2O3. The van der Waals surface area contributed by atoms with Crippen molar-refractivity contribution >= 4 is 16.9 Å². The summed E-state index contributed by atoms with van der Waals surface area (Å²) in [7, 11) is 1.57. The van der Waals surface area contributed by atoms with Crippen molar-refractivity contribution in [3.8, 4) is 0 Å². The van der Waals surface area contributed by atoms with Crippen molar-refractivity contribution in [1.29, 1.82) is 0 Å². The fourth-order valence-corrected chi connectivity index (χ4v) is 3.80. The van der Waals surface area contributed by atoms with Crippen LogP contribution in [0.1, 0.15) is 35.3 Å². The van der Waals surface area contributed by atoms with E-state index in [0.717, 1.165) is 17.6 Å². The van der Waals surface area contributed by atoms with E-state index >= 15 is 0 Å². The number of nitrogens with zero attached hydrogens (tertiary/aromatic N) is 2. The van der Waals surface area contributed by atoms with E-state index in [1.54, 1.807) is 25.3 Å². The number of carboxylic acid groups (broad SMARTS) is 1. The largest absolute Gasteiger partial charge is 0.478 e. The third kappa shape index (κ3) is 4.27. The number of methoxy groups -OCH3 is 1. The zero-order chi connectivity index (χ0) is 19.6. The van der Waals surface area contributed by atoms with Crippen LogP contribution in [0.5, 0.6) is 0 Å². The Morgan fingerprint density at radius 3 is 2.74 bits per heavy atom. The van der Waals surface area contributed by atoms with E-state index in [0.29, 0.717) is 31.5 Å². The van der Waals surface area contributed by atoms with Crippen molar-refractivity contribution in [2.45, 2.75) is 44.6 Å². The molecular weight excluding hydrogens is 361 g/mol. The molecule has 1 fully saturated rings. The number of rotatable bonds is 6. The zero-order valence-electron chi connectivity index (χ0n) is 15.1. The molecule has 8 heteroatoms. The van der Waals surface area contributed by atoms with Crippen LogP contribution in [0.4, 0.5) is 13.2 Å². The van der Waals surface area contributed by atoms with Gasteiger partial charge in [0.05, 0.1) is 12.2 Å². The molecule has 0 radical (unpaired) electrons. The standard InChI is InChI=1S/C19H23F3N2O3/c1-27-9-8-24-15(11-14-10-13(18(25)26)5-6-16(14)24)12-23-7-3-2-4-17(23)19(20,21)22/h5-6,10-11,17H,2-4,7-9,12H2,1H3,(H,25,26). The second kappa shape index (κ2) is 7.90. The Labute approximate surface area is 155 Å². The summed E-state index contributed by atoms with van der Waals surface area (Å²) in [6.45, 7) is 1.48. The average Bonchev–Trinajstić information content (AvgIpc) is 2.95. The van der Waals surface area contributed by atoms with Gasteiger partial charge in [0.15, 0.2) is 0 Å². The van der Waals surface area contributed by atoms with Gasteiger partial charge in [0, 0.05) is 36.8 Å². The molecule has 1 aliphatic heterocycles. The number of halogens is 3. The van der Waals surface area contributed by atoms with Gasteiger partial charge in [-0.25, -0.2) is 4.79 Å². The van der Waals surface area contributed by atoms with Gasteiger partial charge < -0.3 is 14.4 Å². The molecule has 1 aliphatic rings. The minimum Gasteiger partial charge on any atom is -0.478 e. The molecule has 1 aromatic heterocycles. The van der Waals surface area contributed by atoms with Gasteiger partial charge >= 0.3 is 12.1 Å². The Kier molecular flexibility index (Phi) is 5.76. The van der Waals surface area contributed by atoms with Crippen molar-refractivity contribution in [3.63, 3.8) is 0 Å². The third-order valence-corrected chi connectivity index (χ3v) is 5.11. The second-order valence-electron chi connectivity index (χ2n) is 6.88. The Balaban J connectivity index is 1.97. The summed E-state index contributed by atoms with van der Waals surface area (Å²) in [6.07, 6.45) is -2.81. The minimum absolute atomic E-state index is 0.116. The lowest BCUT2D eigenvalue weighted by Gasteiger charge is -2.36. The molecule has 1 aromatic carbocycles. The molecule has 3 rings (SSSR count).